The maximum absolute atomic E-state index is 14.3. The van der Waals surface area contributed by atoms with Crippen LogP contribution in [0.4, 0.5) is 13.2 Å². The van der Waals surface area contributed by atoms with E-state index < -0.39 is 17.9 Å². The van der Waals surface area contributed by atoms with Crippen LogP contribution in [0.3, 0.4) is 0 Å². The fraction of sp³-hybridized carbons (Fsp3) is 0.240. The molecule has 2 nitrogen and oxygen atoms in total. The van der Waals surface area contributed by atoms with Gasteiger partial charge in [0.15, 0.2) is 5.16 Å². The summed E-state index contributed by atoms with van der Waals surface area (Å²) in [5, 5.41) is 1.87. The van der Waals surface area contributed by atoms with Gasteiger partial charge in [0.05, 0.1) is 22.3 Å². The van der Waals surface area contributed by atoms with Crippen LogP contribution in [-0.2, 0) is 11.2 Å². The first-order chi connectivity index (χ1) is 16.2. The third-order valence-corrected chi connectivity index (χ3v) is 8.08. The van der Waals surface area contributed by atoms with Gasteiger partial charge in [0.25, 0.3) is 0 Å². The summed E-state index contributed by atoms with van der Waals surface area (Å²) >= 11 is 19.9. The van der Waals surface area contributed by atoms with Crippen molar-refractivity contribution in [3.63, 3.8) is 0 Å². The minimum Gasteiger partial charge on any atom is -0.315 e. The normalized spacial score (nSPS) is 20.3. The Morgan fingerprint density at radius 1 is 1.21 bits per heavy atom. The number of aromatic nitrogens is 2. The molecule has 2 atom stereocenters. The van der Waals surface area contributed by atoms with Crippen LogP contribution in [0.2, 0.25) is 15.1 Å². The highest BCUT2D eigenvalue weighted by molar-refractivity contribution is 7.98. The number of benzene rings is 2. The van der Waals surface area contributed by atoms with E-state index in [0.717, 1.165) is 17.3 Å². The lowest BCUT2D eigenvalue weighted by Crippen LogP contribution is -2.20. The smallest absolute Gasteiger partial charge is 0.169 e. The van der Waals surface area contributed by atoms with Crippen molar-refractivity contribution >= 4 is 46.6 Å². The van der Waals surface area contributed by atoms with Gasteiger partial charge in [-0.1, -0.05) is 64.8 Å². The quantitative estimate of drug-likeness (QED) is 0.219. The predicted octanol–water partition coefficient (Wildman–Crippen LogP) is 8.90. The average molecular weight is 544 g/mol. The number of allylic oxidation sites excluding steroid dienone is 4. The molecule has 1 aliphatic heterocycles. The van der Waals surface area contributed by atoms with Crippen LogP contribution in [0.15, 0.2) is 71.8 Å². The van der Waals surface area contributed by atoms with Crippen molar-refractivity contribution in [3.8, 4) is 0 Å². The van der Waals surface area contributed by atoms with Crippen LogP contribution >= 0.6 is 46.6 Å². The number of thioether (sulfide) groups is 1. The summed E-state index contributed by atoms with van der Waals surface area (Å²) in [5.74, 6) is -0.763. The lowest BCUT2D eigenvalue weighted by molar-refractivity contribution is 0.510. The average Bonchev–Trinajstić information content (AvgIpc) is 3.34. The summed E-state index contributed by atoms with van der Waals surface area (Å²) in [6.07, 6.45) is 6.19. The van der Waals surface area contributed by atoms with E-state index in [4.69, 9.17) is 34.8 Å². The van der Waals surface area contributed by atoms with E-state index in [-0.39, 0.29) is 17.6 Å². The molecule has 2 unspecified atom stereocenters. The standard InChI is InChI=1S/C25H20Cl3F3N2S/c1-25(15-5-8-20(27)21(28)11-15)12-17(7-6-16(30)9-10-29)33-23(25)13-32-24(33)34-14-18-19(26)3-2-4-22(18)31/h2-9,11,13,17H,10,12,14H2,1H3/b7-6-,16-9+. The molecule has 2 heterocycles. The number of hydrogen-bond acceptors (Lipinski definition) is 2. The van der Waals surface area contributed by atoms with E-state index in [1.807, 2.05) is 16.7 Å². The molecule has 0 fully saturated rings. The maximum atomic E-state index is 14.3. The molecule has 0 radical (unpaired) electrons. The molecule has 0 N–H and O–H groups in total. The van der Waals surface area contributed by atoms with Gasteiger partial charge in [-0.25, -0.2) is 18.2 Å². The Hall–Kier alpha value is -1.86. The zero-order chi connectivity index (χ0) is 24.5. The molecule has 9 heteroatoms. The van der Waals surface area contributed by atoms with Crippen LogP contribution in [0.1, 0.15) is 36.2 Å². The molecule has 4 rings (SSSR count). The van der Waals surface area contributed by atoms with E-state index >= 15 is 0 Å². The first-order valence-corrected chi connectivity index (χ1v) is 12.6. The first kappa shape index (κ1) is 25.2. The lowest BCUT2D eigenvalue weighted by Gasteiger charge is -2.24. The highest BCUT2D eigenvalue weighted by Crippen LogP contribution is 2.49. The van der Waals surface area contributed by atoms with Crippen LogP contribution in [0.5, 0.6) is 0 Å². The second kappa shape index (κ2) is 10.4. The largest absolute Gasteiger partial charge is 0.315 e. The summed E-state index contributed by atoms with van der Waals surface area (Å²) in [5.41, 5.74) is 1.73. The van der Waals surface area contributed by atoms with Crippen LogP contribution < -0.4 is 0 Å². The second-order valence-corrected chi connectivity index (χ2v) is 10.3. The van der Waals surface area contributed by atoms with Crippen molar-refractivity contribution in [1.29, 1.82) is 0 Å². The van der Waals surface area contributed by atoms with Crippen LogP contribution in [-0.4, -0.2) is 16.2 Å². The molecule has 0 amide bonds. The van der Waals surface area contributed by atoms with Gasteiger partial charge in [-0.15, -0.1) is 0 Å². The lowest BCUT2D eigenvalue weighted by atomic mass is 9.77. The molecule has 0 aliphatic carbocycles. The van der Waals surface area contributed by atoms with Gasteiger partial charge in [0.1, 0.15) is 18.3 Å². The van der Waals surface area contributed by atoms with Crippen molar-refractivity contribution in [2.24, 2.45) is 0 Å². The number of imidazole rings is 1. The summed E-state index contributed by atoms with van der Waals surface area (Å²) in [4.78, 5) is 4.59. The van der Waals surface area contributed by atoms with Crippen molar-refractivity contribution in [3.05, 3.63) is 104 Å². The molecule has 2 aromatic carbocycles. The number of halogens is 6. The Labute approximate surface area is 215 Å². The van der Waals surface area contributed by atoms with E-state index in [0.29, 0.717) is 32.2 Å². The Bertz CT molecular complexity index is 1250. The fourth-order valence-electron chi connectivity index (χ4n) is 4.20. The zero-order valence-corrected chi connectivity index (χ0v) is 21.1. The van der Waals surface area contributed by atoms with Crippen molar-refractivity contribution in [2.45, 2.75) is 35.7 Å². The molecule has 1 aliphatic rings. The van der Waals surface area contributed by atoms with Gasteiger partial charge in [0.2, 0.25) is 0 Å². The Kier molecular flexibility index (Phi) is 7.72. The Morgan fingerprint density at radius 2 is 2.00 bits per heavy atom. The minimum absolute atomic E-state index is 0.269. The summed E-state index contributed by atoms with van der Waals surface area (Å²) in [7, 11) is 0. The molecule has 3 aromatic rings. The predicted molar refractivity (Wildman–Crippen MR) is 134 cm³/mol. The summed E-state index contributed by atoms with van der Waals surface area (Å²) < 4.78 is 42.7. The van der Waals surface area contributed by atoms with E-state index in [1.54, 1.807) is 30.5 Å². The Morgan fingerprint density at radius 3 is 2.71 bits per heavy atom. The fourth-order valence-corrected chi connectivity index (χ4v) is 5.88. The van der Waals surface area contributed by atoms with Gasteiger partial charge in [-0.2, -0.15) is 0 Å². The van der Waals surface area contributed by atoms with Crippen molar-refractivity contribution in [2.75, 3.05) is 6.67 Å². The highest BCUT2D eigenvalue weighted by Gasteiger charge is 2.43. The van der Waals surface area contributed by atoms with Crippen molar-refractivity contribution in [1.82, 2.24) is 9.55 Å². The minimum atomic E-state index is -0.886. The van der Waals surface area contributed by atoms with Gasteiger partial charge in [-0.05, 0) is 55.3 Å². The third kappa shape index (κ3) is 4.92. The SMILES string of the molecule is CC1(c2ccc(Cl)c(Cl)c2)CC(/C=C\C(F)=C/CF)n2c1cnc2SCc1c(F)cccc1Cl. The summed E-state index contributed by atoms with van der Waals surface area (Å²) in [6, 6.07) is 9.77. The molecule has 1 aromatic heterocycles. The van der Waals surface area contributed by atoms with Crippen molar-refractivity contribution < 1.29 is 13.2 Å². The number of nitrogens with zero attached hydrogens (tertiary/aromatic N) is 2. The highest BCUT2D eigenvalue weighted by atomic mass is 35.5. The van der Waals surface area contributed by atoms with Gasteiger partial charge in [0, 0.05) is 27.4 Å². The number of hydrogen-bond donors (Lipinski definition) is 0. The molecule has 0 spiro atoms. The molecule has 0 saturated heterocycles. The van der Waals surface area contributed by atoms with Crippen LogP contribution in [0.25, 0.3) is 0 Å². The first-order valence-electron chi connectivity index (χ1n) is 10.4. The number of alkyl halides is 1. The molecule has 0 bridgehead atoms. The molecular formula is C25H20Cl3F3N2S. The monoisotopic (exact) mass is 542 g/mol. The number of fused-ring (bicyclic) bond motifs is 1. The summed E-state index contributed by atoms with van der Waals surface area (Å²) in [6.45, 7) is 1.17. The molecule has 0 saturated carbocycles. The zero-order valence-electron chi connectivity index (χ0n) is 18.0. The van der Waals surface area contributed by atoms with Gasteiger partial charge < -0.3 is 4.57 Å². The van der Waals surface area contributed by atoms with E-state index in [9.17, 15) is 13.2 Å². The van der Waals surface area contributed by atoms with E-state index in [1.165, 1.54) is 23.9 Å². The molecule has 34 heavy (non-hydrogen) atoms. The second-order valence-electron chi connectivity index (χ2n) is 8.12. The third-order valence-electron chi connectivity index (χ3n) is 5.99. The van der Waals surface area contributed by atoms with Gasteiger partial charge >= 0.3 is 0 Å². The maximum Gasteiger partial charge on any atom is 0.169 e. The molecule has 178 valence electrons. The Balaban J connectivity index is 1.73. The number of rotatable bonds is 7. The molecular weight excluding hydrogens is 524 g/mol. The van der Waals surface area contributed by atoms with Gasteiger partial charge in [-0.3, -0.25) is 0 Å². The topological polar surface area (TPSA) is 17.8 Å². The van der Waals surface area contributed by atoms with E-state index in [2.05, 4.69) is 11.9 Å². The van der Waals surface area contributed by atoms with Crippen LogP contribution in [0, 0.1) is 5.82 Å².